The van der Waals surface area contributed by atoms with Crippen molar-refractivity contribution in [2.24, 2.45) is 0 Å². The van der Waals surface area contributed by atoms with Gasteiger partial charge in [0.1, 0.15) is 18.3 Å². The van der Waals surface area contributed by atoms with Gasteiger partial charge in [0.05, 0.1) is 19.1 Å². The van der Waals surface area contributed by atoms with Gasteiger partial charge in [-0.15, -0.1) is 0 Å². The third kappa shape index (κ3) is 6.60. The van der Waals surface area contributed by atoms with Gasteiger partial charge in [0.2, 0.25) is 21.8 Å². The maximum atomic E-state index is 13.4. The standard InChI is InChI=1S/C21H25BrClN3O5S/c1-14(21(28)24-2)25(12-15-6-5-7-16(22)10-15)20(27)13-26(32(4,29)30)18-11-17(23)8-9-19(18)31-3/h5-11,14H,12-13H2,1-4H3,(H,24,28)/t14-/m1/s1. The molecule has 0 radical (unpaired) electrons. The van der Waals surface area contributed by atoms with E-state index >= 15 is 0 Å². The lowest BCUT2D eigenvalue weighted by molar-refractivity contribution is -0.139. The zero-order valence-corrected chi connectivity index (χ0v) is 21.3. The lowest BCUT2D eigenvalue weighted by Crippen LogP contribution is -2.50. The third-order valence-electron chi connectivity index (χ3n) is 4.74. The number of rotatable bonds is 9. The summed E-state index contributed by atoms with van der Waals surface area (Å²) in [6.45, 7) is 1.15. The molecule has 8 nitrogen and oxygen atoms in total. The van der Waals surface area contributed by atoms with Crippen LogP contribution < -0.4 is 14.4 Å². The average molecular weight is 547 g/mol. The van der Waals surface area contributed by atoms with Crippen molar-refractivity contribution in [3.8, 4) is 5.75 Å². The van der Waals surface area contributed by atoms with Crippen LogP contribution in [0.3, 0.4) is 0 Å². The topological polar surface area (TPSA) is 96.0 Å². The van der Waals surface area contributed by atoms with Crippen molar-refractivity contribution < 1.29 is 22.7 Å². The first-order valence-corrected chi connectivity index (χ1v) is 12.6. The predicted molar refractivity (Wildman–Crippen MR) is 128 cm³/mol. The van der Waals surface area contributed by atoms with Crippen molar-refractivity contribution in [2.45, 2.75) is 19.5 Å². The van der Waals surface area contributed by atoms with Gasteiger partial charge in [-0.3, -0.25) is 13.9 Å². The molecule has 0 aliphatic carbocycles. The number of nitrogens with zero attached hydrogens (tertiary/aromatic N) is 2. The van der Waals surface area contributed by atoms with Gasteiger partial charge in [-0.2, -0.15) is 0 Å². The molecule has 0 aliphatic heterocycles. The van der Waals surface area contributed by atoms with Gasteiger partial charge in [-0.25, -0.2) is 8.42 Å². The number of sulfonamides is 1. The molecule has 0 aromatic heterocycles. The van der Waals surface area contributed by atoms with E-state index in [2.05, 4.69) is 21.2 Å². The van der Waals surface area contributed by atoms with E-state index in [0.717, 1.165) is 20.6 Å². The molecule has 1 atom stereocenters. The molecule has 2 amide bonds. The second kappa shape index (κ2) is 11.0. The van der Waals surface area contributed by atoms with Crippen molar-refractivity contribution in [3.05, 3.63) is 57.5 Å². The summed E-state index contributed by atoms with van der Waals surface area (Å²) in [5.74, 6) is -0.696. The molecule has 0 spiro atoms. The molecule has 2 rings (SSSR count). The van der Waals surface area contributed by atoms with Gasteiger partial charge in [0.25, 0.3) is 0 Å². The van der Waals surface area contributed by atoms with Crippen LogP contribution in [0.2, 0.25) is 5.02 Å². The predicted octanol–water partition coefficient (Wildman–Crippen LogP) is 3.04. The van der Waals surface area contributed by atoms with Crippen LogP contribution in [0, 0.1) is 0 Å². The van der Waals surface area contributed by atoms with E-state index in [9.17, 15) is 18.0 Å². The van der Waals surface area contributed by atoms with Gasteiger partial charge in [-0.05, 0) is 42.8 Å². The van der Waals surface area contributed by atoms with Crippen molar-refractivity contribution in [1.29, 1.82) is 0 Å². The van der Waals surface area contributed by atoms with Crippen LogP contribution in [-0.2, 0) is 26.2 Å². The highest BCUT2D eigenvalue weighted by molar-refractivity contribution is 9.10. The Morgan fingerprint density at radius 3 is 2.47 bits per heavy atom. The minimum Gasteiger partial charge on any atom is -0.495 e. The van der Waals surface area contributed by atoms with Crippen LogP contribution in [0.25, 0.3) is 0 Å². The number of benzene rings is 2. The van der Waals surface area contributed by atoms with Gasteiger partial charge in [0, 0.05) is 23.1 Å². The summed E-state index contributed by atoms with van der Waals surface area (Å²) < 4.78 is 32.2. The fourth-order valence-electron chi connectivity index (χ4n) is 3.08. The number of hydrogen-bond acceptors (Lipinski definition) is 5. The Balaban J connectivity index is 2.46. The van der Waals surface area contributed by atoms with Gasteiger partial charge >= 0.3 is 0 Å². The number of carbonyl (C=O) groups excluding carboxylic acids is 2. The van der Waals surface area contributed by atoms with E-state index in [1.807, 2.05) is 24.3 Å². The molecule has 1 N–H and O–H groups in total. The van der Waals surface area contributed by atoms with Crippen LogP contribution >= 0.6 is 27.5 Å². The van der Waals surface area contributed by atoms with Gasteiger partial charge < -0.3 is 15.0 Å². The number of methoxy groups -OCH3 is 1. The molecule has 0 aliphatic rings. The van der Waals surface area contributed by atoms with Crippen LogP contribution in [0.5, 0.6) is 5.75 Å². The van der Waals surface area contributed by atoms with Crippen molar-refractivity contribution in [2.75, 3.05) is 31.3 Å². The summed E-state index contributed by atoms with van der Waals surface area (Å²) in [4.78, 5) is 27.0. The molecule has 0 saturated heterocycles. The van der Waals surface area contributed by atoms with Crippen LogP contribution in [-0.4, -0.2) is 58.1 Å². The highest BCUT2D eigenvalue weighted by atomic mass is 79.9. The maximum absolute atomic E-state index is 13.4. The van der Waals surface area contributed by atoms with E-state index in [1.165, 1.54) is 31.2 Å². The van der Waals surface area contributed by atoms with Crippen molar-refractivity contribution in [3.63, 3.8) is 0 Å². The fraction of sp³-hybridized carbons (Fsp3) is 0.333. The molecular formula is C21H25BrClN3O5S. The largest absolute Gasteiger partial charge is 0.495 e. The Morgan fingerprint density at radius 1 is 1.22 bits per heavy atom. The highest BCUT2D eigenvalue weighted by Crippen LogP contribution is 2.33. The summed E-state index contributed by atoms with van der Waals surface area (Å²) in [5.41, 5.74) is 0.903. The molecule has 0 fully saturated rings. The van der Waals surface area contributed by atoms with Crippen LogP contribution in [0.4, 0.5) is 5.69 Å². The van der Waals surface area contributed by atoms with Gasteiger partial charge in [-0.1, -0.05) is 39.7 Å². The third-order valence-corrected chi connectivity index (χ3v) is 6.60. The van der Waals surface area contributed by atoms with Crippen molar-refractivity contribution in [1.82, 2.24) is 10.2 Å². The quantitative estimate of drug-likeness (QED) is 0.522. The second-order valence-corrected chi connectivity index (χ2v) is 10.3. The zero-order valence-electron chi connectivity index (χ0n) is 18.1. The molecule has 0 unspecified atom stereocenters. The fourth-order valence-corrected chi connectivity index (χ4v) is 4.53. The summed E-state index contributed by atoms with van der Waals surface area (Å²) in [7, 11) is -1.02. The molecule has 174 valence electrons. The SMILES string of the molecule is CNC(=O)[C@@H](C)N(Cc1cccc(Br)c1)C(=O)CN(c1cc(Cl)ccc1OC)S(C)(=O)=O. The Labute approximate surface area is 201 Å². The second-order valence-electron chi connectivity index (χ2n) is 7.03. The number of nitrogens with one attached hydrogen (secondary N) is 1. The molecule has 0 bridgehead atoms. The summed E-state index contributed by atoms with van der Waals surface area (Å²) >= 11 is 9.46. The summed E-state index contributed by atoms with van der Waals surface area (Å²) in [6.07, 6.45) is 0.988. The minimum atomic E-state index is -3.89. The summed E-state index contributed by atoms with van der Waals surface area (Å²) in [5, 5.41) is 2.81. The number of carbonyl (C=O) groups is 2. The number of anilines is 1. The first kappa shape index (κ1) is 26.0. The molecule has 11 heteroatoms. The first-order chi connectivity index (χ1) is 15.0. The van der Waals surface area contributed by atoms with E-state index in [4.69, 9.17) is 16.3 Å². The lowest BCUT2D eigenvalue weighted by atomic mass is 10.1. The Kier molecular flexibility index (Phi) is 8.94. The normalized spacial score (nSPS) is 12.1. The molecular weight excluding hydrogens is 522 g/mol. The van der Waals surface area contributed by atoms with Crippen molar-refractivity contribution >= 4 is 55.1 Å². The zero-order chi connectivity index (χ0) is 24.1. The Morgan fingerprint density at radius 2 is 1.91 bits per heavy atom. The highest BCUT2D eigenvalue weighted by Gasteiger charge is 2.31. The molecule has 0 saturated carbocycles. The van der Waals surface area contributed by atoms with Crippen LogP contribution in [0.1, 0.15) is 12.5 Å². The Hall–Kier alpha value is -2.30. The minimum absolute atomic E-state index is 0.108. The number of amides is 2. The summed E-state index contributed by atoms with van der Waals surface area (Å²) in [6, 6.07) is 10.9. The monoisotopic (exact) mass is 545 g/mol. The Bertz CT molecular complexity index is 1100. The molecule has 32 heavy (non-hydrogen) atoms. The van der Waals surface area contributed by atoms with E-state index < -0.39 is 28.5 Å². The number of halogens is 2. The molecule has 2 aromatic rings. The van der Waals surface area contributed by atoms with Gasteiger partial charge in [0.15, 0.2) is 0 Å². The number of likely N-dealkylation sites (N-methyl/N-ethyl adjacent to an activating group) is 1. The average Bonchev–Trinajstić information content (AvgIpc) is 2.73. The molecule has 2 aromatic carbocycles. The number of hydrogen-bond donors (Lipinski definition) is 1. The first-order valence-electron chi connectivity index (χ1n) is 9.54. The smallest absolute Gasteiger partial charge is 0.244 e. The molecule has 0 heterocycles. The van der Waals surface area contributed by atoms with E-state index in [0.29, 0.717) is 0 Å². The maximum Gasteiger partial charge on any atom is 0.244 e. The van der Waals surface area contributed by atoms with Crippen LogP contribution in [0.15, 0.2) is 46.9 Å². The van der Waals surface area contributed by atoms with E-state index in [-0.39, 0.29) is 28.9 Å². The van der Waals surface area contributed by atoms with E-state index in [1.54, 1.807) is 13.0 Å². The number of ether oxygens (including phenoxy) is 1. The lowest BCUT2D eigenvalue weighted by Gasteiger charge is -2.31.